The van der Waals surface area contributed by atoms with E-state index in [1.165, 1.54) is 10.1 Å². The van der Waals surface area contributed by atoms with Crippen LogP contribution < -0.4 is 11.2 Å². The van der Waals surface area contributed by atoms with Crippen LogP contribution in [-0.2, 0) is 13.1 Å². The summed E-state index contributed by atoms with van der Waals surface area (Å²) in [6, 6.07) is 15.5. The number of para-hydroxylation sites is 1. The number of hydrogen-bond acceptors (Lipinski definition) is 2. The maximum atomic E-state index is 13.0. The van der Waals surface area contributed by atoms with E-state index in [2.05, 4.69) is 13.8 Å². The minimum absolute atomic E-state index is 0.193. The van der Waals surface area contributed by atoms with E-state index in [0.717, 1.165) is 12.0 Å². The highest BCUT2D eigenvalue weighted by atomic mass is 16.2. The average Bonchev–Trinajstić information content (AvgIpc) is 2.60. The number of aromatic nitrogens is 2. The van der Waals surface area contributed by atoms with Crippen LogP contribution in [0.5, 0.6) is 0 Å². The van der Waals surface area contributed by atoms with Gasteiger partial charge in [-0.2, -0.15) is 0 Å². The number of rotatable bonds is 5. The van der Waals surface area contributed by atoms with E-state index in [1.807, 2.05) is 49.4 Å². The highest BCUT2D eigenvalue weighted by molar-refractivity contribution is 5.77. The van der Waals surface area contributed by atoms with Gasteiger partial charge in [-0.25, -0.2) is 4.79 Å². The van der Waals surface area contributed by atoms with Gasteiger partial charge in [0.05, 0.1) is 17.4 Å². The van der Waals surface area contributed by atoms with Crippen LogP contribution in [0.4, 0.5) is 0 Å². The third kappa shape index (κ3) is 3.58. The van der Waals surface area contributed by atoms with Crippen molar-refractivity contribution in [3.8, 4) is 0 Å². The lowest BCUT2D eigenvalue weighted by atomic mass is 10.1. The summed E-state index contributed by atoms with van der Waals surface area (Å²) in [5, 5.41) is 0.595. The first-order valence-electron chi connectivity index (χ1n) is 8.75. The minimum Gasteiger partial charge on any atom is -0.289 e. The third-order valence-corrected chi connectivity index (χ3v) is 4.52. The van der Waals surface area contributed by atoms with Gasteiger partial charge in [-0.1, -0.05) is 55.8 Å². The Hall–Kier alpha value is -2.62. The summed E-state index contributed by atoms with van der Waals surface area (Å²) < 4.78 is 3.10. The average molecular weight is 336 g/mol. The topological polar surface area (TPSA) is 44.0 Å². The number of aryl methyl sites for hydroxylation is 1. The molecule has 4 nitrogen and oxygen atoms in total. The van der Waals surface area contributed by atoms with Gasteiger partial charge in [0.15, 0.2) is 0 Å². The molecule has 0 aliphatic heterocycles. The fraction of sp³-hybridized carbons (Fsp3) is 0.333. The van der Waals surface area contributed by atoms with E-state index < -0.39 is 0 Å². The SMILES string of the molecule is Cc1ccc(Cn2c(=O)n(CCC(C)C)c(=O)c3ccccc32)cc1. The van der Waals surface area contributed by atoms with E-state index >= 15 is 0 Å². The largest absolute Gasteiger partial charge is 0.331 e. The summed E-state index contributed by atoms with van der Waals surface area (Å²) in [7, 11) is 0. The molecule has 0 spiro atoms. The summed E-state index contributed by atoms with van der Waals surface area (Å²) in [6.07, 6.45) is 0.804. The van der Waals surface area contributed by atoms with Crippen molar-refractivity contribution in [2.75, 3.05) is 0 Å². The molecule has 0 unspecified atom stereocenters. The minimum atomic E-state index is -0.232. The lowest BCUT2D eigenvalue weighted by Crippen LogP contribution is -2.40. The van der Waals surface area contributed by atoms with Crippen LogP contribution in [0.2, 0.25) is 0 Å². The molecule has 0 saturated heterocycles. The van der Waals surface area contributed by atoms with Crippen LogP contribution in [-0.4, -0.2) is 9.13 Å². The molecule has 0 radical (unpaired) electrons. The van der Waals surface area contributed by atoms with Crippen LogP contribution in [0.15, 0.2) is 58.1 Å². The second-order valence-corrected chi connectivity index (χ2v) is 7.01. The summed E-state index contributed by atoms with van der Waals surface area (Å²) >= 11 is 0. The summed E-state index contributed by atoms with van der Waals surface area (Å²) in [5.74, 6) is 0.434. The third-order valence-electron chi connectivity index (χ3n) is 4.52. The number of fused-ring (bicyclic) bond motifs is 1. The Labute approximate surface area is 147 Å². The molecule has 3 aromatic rings. The molecular formula is C21H24N2O2. The van der Waals surface area contributed by atoms with E-state index in [-0.39, 0.29) is 11.2 Å². The van der Waals surface area contributed by atoms with Gasteiger partial charge in [-0.05, 0) is 37.0 Å². The maximum Gasteiger partial charge on any atom is 0.331 e. The van der Waals surface area contributed by atoms with Crippen molar-refractivity contribution in [3.05, 3.63) is 80.5 Å². The highest BCUT2D eigenvalue weighted by Crippen LogP contribution is 2.11. The fourth-order valence-electron chi connectivity index (χ4n) is 2.98. The van der Waals surface area contributed by atoms with Crippen LogP contribution in [0.1, 0.15) is 31.4 Å². The molecule has 2 aromatic carbocycles. The molecule has 0 bridgehead atoms. The first-order chi connectivity index (χ1) is 12.0. The Balaban J connectivity index is 2.17. The summed E-state index contributed by atoms with van der Waals surface area (Å²) in [5.41, 5.74) is 2.50. The molecule has 0 amide bonds. The molecule has 3 rings (SSSR count). The zero-order chi connectivity index (χ0) is 18.0. The molecule has 0 atom stereocenters. The maximum absolute atomic E-state index is 13.0. The molecule has 0 aliphatic rings. The summed E-state index contributed by atoms with van der Waals surface area (Å²) in [4.78, 5) is 25.8. The summed E-state index contributed by atoms with van der Waals surface area (Å²) in [6.45, 7) is 7.14. The molecule has 25 heavy (non-hydrogen) atoms. The zero-order valence-corrected chi connectivity index (χ0v) is 15.0. The van der Waals surface area contributed by atoms with Crippen molar-refractivity contribution in [2.24, 2.45) is 5.92 Å². The van der Waals surface area contributed by atoms with E-state index in [4.69, 9.17) is 0 Å². The molecular weight excluding hydrogens is 312 g/mol. The molecule has 130 valence electrons. The van der Waals surface area contributed by atoms with E-state index in [9.17, 15) is 9.59 Å². The first-order valence-corrected chi connectivity index (χ1v) is 8.75. The van der Waals surface area contributed by atoms with Crippen LogP contribution in [0.25, 0.3) is 10.9 Å². The number of nitrogens with zero attached hydrogens (tertiary/aromatic N) is 2. The smallest absolute Gasteiger partial charge is 0.289 e. The van der Waals surface area contributed by atoms with Crippen LogP contribution in [0, 0.1) is 12.8 Å². The molecule has 1 heterocycles. The monoisotopic (exact) mass is 336 g/mol. The Morgan fingerprint density at radius 2 is 1.60 bits per heavy atom. The van der Waals surface area contributed by atoms with Crippen molar-refractivity contribution in [1.29, 1.82) is 0 Å². The van der Waals surface area contributed by atoms with Crippen molar-refractivity contribution >= 4 is 10.9 Å². The Morgan fingerprint density at radius 3 is 2.28 bits per heavy atom. The standard InChI is InChI=1S/C21H24N2O2/c1-15(2)12-13-22-20(24)18-6-4-5-7-19(18)23(21(22)25)14-17-10-8-16(3)9-11-17/h4-11,15H,12-14H2,1-3H3. The predicted molar refractivity (Wildman–Crippen MR) is 102 cm³/mol. The molecule has 0 fully saturated rings. The van der Waals surface area contributed by atoms with Crippen molar-refractivity contribution in [3.63, 3.8) is 0 Å². The number of benzene rings is 2. The highest BCUT2D eigenvalue weighted by Gasteiger charge is 2.13. The quantitative estimate of drug-likeness (QED) is 0.715. The van der Waals surface area contributed by atoms with Crippen LogP contribution in [0.3, 0.4) is 0 Å². The Bertz CT molecular complexity index is 995. The lowest BCUT2D eigenvalue weighted by Gasteiger charge is -2.15. The second kappa shape index (κ2) is 7.09. The van der Waals surface area contributed by atoms with Gasteiger partial charge in [0, 0.05) is 6.54 Å². The molecule has 0 saturated carbocycles. The van der Waals surface area contributed by atoms with Crippen molar-refractivity contribution < 1.29 is 0 Å². The fourth-order valence-corrected chi connectivity index (χ4v) is 2.98. The molecule has 0 N–H and O–H groups in total. The van der Waals surface area contributed by atoms with E-state index in [1.54, 1.807) is 10.6 Å². The molecule has 1 aromatic heterocycles. The van der Waals surface area contributed by atoms with Gasteiger partial charge < -0.3 is 0 Å². The normalized spacial score (nSPS) is 11.4. The molecule has 4 heteroatoms. The lowest BCUT2D eigenvalue weighted by molar-refractivity contribution is 0.485. The van der Waals surface area contributed by atoms with Crippen molar-refractivity contribution in [2.45, 2.75) is 40.3 Å². The Morgan fingerprint density at radius 1 is 0.920 bits per heavy atom. The van der Waals surface area contributed by atoms with Gasteiger partial charge in [-0.15, -0.1) is 0 Å². The zero-order valence-electron chi connectivity index (χ0n) is 15.0. The van der Waals surface area contributed by atoms with Gasteiger partial charge in [0.25, 0.3) is 5.56 Å². The predicted octanol–water partition coefficient (Wildman–Crippen LogP) is 3.57. The Kier molecular flexibility index (Phi) is 4.88. The molecule has 0 aliphatic carbocycles. The van der Waals surface area contributed by atoms with Gasteiger partial charge >= 0.3 is 5.69 Å². The van der Waals surface area contributed by atoms with Gasteiger partial charge in [-0.3, -0.25) is 13.9 Å². The van der Waals surface area contributed by atoms with E-state index in [0.29, 0.717) is 29.9 Å². The van der Waals surface area contributed by atoms with Gasteiger partial charge in [0.2, 0.25) is 0 Å². The first kappa shape index (κ1) is 17.2. The number of hydrogen-bond donors (Lipinski definition) is 0. The van der Waals surface area contributed by atoms with Crippen molar-refractivity contribution in [1.82, 2.24) is 9.13 Å². The second-order valence-electron chi connectivity index (χ2n) is 7.01. The van der Waals surface area contributed by atoms with Crippen LogP contribution >= 0.6 is 0 Å². The van der Waals surface area contributed by atoms with Gasteiger partial charge in [0.1, 0.15) is 0 Å².